The number of hydrogen-bond acceptors (Lipinski definition) is 2. The molecule has 2 rings (SSSR count). The van der Waals surface area contributed by atoms with E-state index < -0.39 is 0 Å². The van der Waals surface area contributed by atoms with Crippen molar-refractivity contribution in [2.45, 2.75) is 33.2 Å². The lowest BCUT2D eigenvalue weighted by molar-refractivity contribution is 0.584. The van der Waals surface area contributed by atoms with Gasteiger partial charge in [-0.25, -0.2) is 0 Å². The van der Waals surface area contributed by atoms with Crippen LogP contribution in [0.2, 0.25) is 0 Å². The largest absolute Gasteiger partial charge is 0.370 e. The Balaban J connectivity index is 2.24. The molecular weight excluding hydrogens is 196 g/mol. The van der Waals surface area contributed by atoms with E-state index >= 15 is 0 Å². The van der Waals surface area contributed by atoms with Crippen molar-refractivity contribution in [3.63, 3.8) is 0 Å². The summed E-state index contributed by atoms with van der Waals surface area (Å²) in [5.74, 6) is 0. The van der Waals surface area contributed by atoms with Crippen LogP contribution in [0.1, 0.15) is 24.5 Å². The fourth-order valence-corrected chi connectivity index (χ4v) is 2.38. The Kier molecular flexibility index (Phi) is 3.49. The SMILES string of the molecule is Cc1ccc(C)c(N2CCCNC(C)C2)c1. The van der Waals surface area contributed by atoms with Crippen molar-refractivity contribution in [1.29, 1.82) is 0 Å². The van der Waals surface area contributed by atoms with Crippen molar-refractivity contribution < 1.29 is 0 Å². The van der Waals surface area contributed by atoms with Crippen LogP contribution in [-0.2, 0) is 0 Å². The van der Waals surface area contributed by atoms with E-state index in [1.807, 2.05) is 0 Å². The summed E-state index contributed by atoms with van der Waals surface area (Å²) in [7, 11) is 0. The number of nitrogens with one attached hydrogen (secondary N) is 1. The topological polar surface area (TPSA) is 15.3 Å². The minimum absolute atomic E-state index is 0.586. The van der Waals surface area contributed by atoms with Crippen molar-refractivity contribution in [1.82, 2.24) is 5.32 Å². The Morgan fingerprint density at radius 1 is 1.31 bits per heavy atom. The zero-order chi connectivity index (χ0) is 11.5. The Morgan fingerprint density at radius 3 is 2.94 bits per heavy atom. The zero-order valence-corrected chi connectivity index (χ0v) is 10.6. The van der Waals surface area contributed by atoms with Gasteiger partial charge in [0.1, 0.15) is 0 Å². The molecule has 1 unspecified atom stereocenters. The summed E-state index contributed by atoms with van der Waals surface area (Å²) in [5, 5.41) is 3.54. The summed E-state index contributed by atoms with van der Waals surface area (Å²) in [6.45, 7) is 10.1. The highest BCUT2D eigenvalue weighted by molar-refractivity contribution is 5.55. The van der Waals surface area contributed by atoms with E-state index in [2.05, 4.69) is 49.2 Å². The van der Waals surface area contributed by atoms with Gasteiger partial charge in [0.15, 0.2) is 0 Å². The third-order valence-electron chi connectivity index (χ3n) is 3.30. The molecule has 1 aliphatic heterocycles. The highest BCUT2D eigenvalue weighted by Crippen LogP contribution is 2.22. The average molecular weight is 218 g/mol. The van der Waals surface area contributed by atoms with E-state index in [0.717, 1.165) is 13.1 Å². The highest BCUT2D eigenvalue weighted by Gasteiger charge is 2.15. The van der Waals surface area contributed by atoms with Gasteiger partial charge in [0, 0.05) is 24.8 Å². The van der Waals surface area contributed by atoms with E-state index in [9.17, 15) is 0 Å². The van der Waals surface area contributed by atoms with Crippen LogP contribution in [0.4, 0.5) is 5.69 Å². The predicted octanol–water partition coefficient (Wildman–Crippen LogP) is 2.49. The van der Waals surface area contributed by atoms with Crippen molar-refractivity contribution >= 4 is 5.69 Å². The quantitative estimate of drug-likeness (QED) is 0.779. The summed E-state index contributed by atoms with van der Waals surface area (Å²) < 4.78 is 0. The first kappa shape index (κ1) is 11.5. The molecule has 0 spiro atoms. The predicted molar refractivity (Wildman–Crippen MR) is 70.2 cm³/mol. The number of rotatable bonds is 1. The van der Waals surface area contributed by atoms with Crippen LogP contribution < -0.4 is 10.2 Å². The molecule has 1 aliphatic rings. The van der Waals surface area contributed by atoms with Gasteiger partial charge in [-0.1, -0.05) is 12.1 Å². The summed E-state index contributed by atoms with van der Waals surface area (Å²) in [6.07, 6.45) is 1.23. The van der Waals surface area contributed by atoms with E-state index in [1.165, 1.54) is 29.8 Å². The molecule has 88 valence electrons. The Bertz CT molecular complexity index is 360. The molecule has 0 aliphatic carbocycles. The molecule has 1 aromatic rings. The maximum atomic E-state index is 3.54. The van der Waals surface area contributed by atoms with Gasteiger partial charge in [0.05, 0.1) is 0 Å². The first-order valence-corrected chi connectivity index (χ1v) is 6.22. The smallest absolute Gasteiger partial charge is 0.0399 e. The molecular formula is C14H22N2. The van der Waals surface area contributed by atoms with Crippen molar-refractivity contribution in [2.24, 2.45) is 0 Å². The van der Waals surface area contributed by atoms with Gasteiger partial charge in [-0.05, 0) is 50.9 Å². The normalized spacial score (nSPS) is 21.9. The van der Waals surface area contributed by atoms with Crippen LogP contribution in [0.25, 0.3) is 0 Å². The van der Waals surface area contributed by atoms with E-state index in [1.54, 1.807) is 0 Å². The summed E-state index contributed by atoms with van der Waals surface area (Å²) in [4.78, 5) is 2.52. The number of anilines is 1. The van der Waals surface area contributed by atoms with Crippen molar-refractivity contribution in [3.05, 3.63) is 29.3 Å². The molecule has 1 aromatic carbocycles. The molecule has 0 amide bonds. The Labute approximate surface area is 98.7 Å². The molecule has 1 N–H and O–H groups in total. The molecule has 16 heavy (non-hydrogen) atoms. The van der Waals surface area contributed by atoms with Gasteiger partial charge >= 0.3 is 0 Å². The summed E-state index contributed by atoms with van der Waals surface area (Å²) in [6, 6.07) is 7.32. The zero-order valence-electron chi connectivity index (χ0n) is 10.6. The second kappa shape index (κ2) is 4.88. The second-order valence-corrected chi connectivity index (χ2v) is 4.94. The second-order valence-electron chi connectivity index (χ2n) is 4.94. The molecule has 1 saturated heterocycles. The first-order chi connectivity index (χ1) is 7.66. The lowest BCUT2D eigenvalue weighted by Crippen LogP contribution is -2.35. The Hall–Kier alpha value is -1.02. The third-order valence-corrected chi connectivity index (χ3v) is 3.30. The monoisotopic (exact) mass is 218 g/mol. The van der Waals surface area contributed by atoms with E-state index in [0.29, 0.717) is 6.04 Å². The van der Waals surface area contributed by atoms with Crippen LogP contribution >= 0.6 is 0 Å². The molecule has 1 fully saturated rings. The van der Waals surface area contributed by atoms with E-state index in [4.69, 9.17) is 0 Å². The molecule has 2 nitrogen and oxygen atoms in total. The molecule has 0 aromatic heterocycles. The highest BCUT2D eigenvalue weighted by atomic mass is 15.2. The number of nitrogens with zero attached hydrogens (tertiary/aromatic N) is 1. The van der Waals surface area contributed by atoms with Gasteiger partial charge in [0.25, 0.3) is 0 Å². The molecule has 0 radical (unpaired) electrons. The lowest BCUT2D eigenvalue weighted by atomic mass is 10.1. The van der Waals surface area contributed by atoms with Crippen LogP contribution in [0.5, 0.6) is 0 Å². The fourth-order valence-electron chi connectivity index (χ4n) is 2.38. The average Bonchev–Trinajstić information content (AvgIpc) is 2.46. The van der Waals surface area contributed by atoms with Gasteiger partial charge in [0.2, 0.25) is 0 Å². The van der Waals surface area contributed by atoms with Gasteiger partial charge in [-0.15, -0.1) is 0 Å². The minimum atomic E-state index is 0.586. The molecule has 2 heteroatoms. The molecule has 0 bridgehead atoms. The third kappa shape index (κ3) is 2.56. The van der Waals surface area contributed by atoms with Gasteiger partial charge in [-0.3, -0.25) is 0 Å². The van der Waals surface area contributed by atoms with Crippen molar-refractivity contribution in [2.75, 3.05) is 24.5 Å². The molecule has 1 heterocycles. The first-order valence-electron chi connectivity index (χ1n) is 6.22. The maximum absolute atomic E-state index is 3.54. The van der Waals surface area contributed by atoms with Crippen LogP contribution in [0.3, 0.4) is 0 Å². The Morgan fingerprint density at radius 2 is 2.12 bits per heavy atom. The number of aryl methyl sites for hydroxylation is 2. The van der Waals surface area contributed by atoms with Crippen LogP contribution in [0.15, 0.2) is 18.2 Å². The number of hydrogen-bond donors (Lipinski definition) is 1. The molecule has 0 saturated carbocycles. The van der Waals surface area contributed by atoms with Crippen molar-refractivity contribution in [3.8, 4) is 0 Å². The maximum Gasteiger partial charge on any atom is 0.0399 e. The lowest BCUT2D eigenvalue weighted by Gasteiger charge is -2.26. The fraction of sp³-hybridized carbons (Fsp3) is 0.571. The standard InChI is InChI=1S/C14H22N2/c1-11-5-6-12(2)14(9-11)16-8-4-7-15-13(3)10-16/h5-6,9,13,15H,4,7-8,10H2,1-3H3. The summed E-state index contributed by atoms with van der Waals surface area (Å²) in [5.41, 5.74) is 4.15. The van der Waals surface area contributed by atoms with Gasteiger partial charge < -0.3 is 10.2 Å². The summed E-state index contributed by atoms with van der Waals surface area (Å²) >= 11 is 0. The number of benzene rings is 1. The van der Waals surface area contributed by atoms with E-state index in [-0.39, 0.29) is 0 Å². The van der Waals surface area contributed by atoms with Crippen LogP contribution in [-0.4, -0.2) is 25.7 Å². The van der Waals surface area contributed by atoms with Crippen LogP contribution in [0, 0.1) is 13.8 Å². The van der Waals surface area contributed by atoms with Gasteiger partial charge in [-0.2, -0.15) is 0 Å². The molecule has 1 atom stereocenters. The minimum Gasteiger partial charge on any atom is -0.370 e.